The predicted molar refractivity (Wildman–Crippen MR) is 121 cm³/mol. The summed E-state index contributed by atoms with van der Waals surface area (Å²) in [4.78, 5) is 18.3. The lowest BCUT2D eigenvalue weighted by molar-refractivity contribution is -0.131. The molecule has 6 nitrogen and oxygen atoms in total. The highest BCUT2D eigenvalue weighted by molar-refractivity contribution is 7.99. The third kappa shape index (κ3) is 4.37. The Labute approximate surface area is 185 Å². The van der Waals surface area contributed by atoms with Crippen molar-refractivity contribution in [3.05, 3.63) is 66.4 Å². The molecule has 0 aliphatic heterocycles. The van der Waals surface area contributed by atoms with E-state index in [-0.39, 0.29) is 17.7 Å². The van der Waals surface area contributed by atoms with Crippen LogP contribution < -0.4 is 0 Å². The number of hydrogen-bond donors (Lipinski definition) is 1. The van der Waals surface area contributed by atoms with Crippen molar-refractivity contribution in [3.8, 4) is 11.5 Å². The van der Waals surface area contributed by atoms with E-state index in [1.165, 1.54) is 24.6 Å². The first-order valence-corrected chi connectivity index (χ1v) is 11.5. The molecule has 1 aliphatic rings. The molecule has 1 fully saturated rings. The molecule has 0 bridgehead atoms. The van der Waals surface area contributed by atoms with Gasteiger partial charge in [0, 0.05) is 29.7 Å². The Morgan fingerprint density at radius 1 is 1.16 bits per heavy atom. The van der Waals surface area contributed by atoms with Gasteiger partial charge in [-0.15, -0.1) is 10.2 Å². The summed E-state index contributed by atoms with van der Waals surface area (Å²) in [6, 6.07) is 18.4. The van der Waals surface area contributed by atoms with Gasteiger partial charge in [-0.3, -0.25) is 4.79 Å². The lowest BCUT2D eigenvalue weighted by atomic mass is 10.1. The van der Waals surface area contributed by atoms with Crippen molar-refractivity contribution in [1.82, 2.24) is 20.1 Å². The number of fused-ring (bicyclic) bond motifs is 1. The third-order valence-electron chi connectivity index (χ3n) is 5.86. The number of nitrogens with one attached hydrogen (secondary N) is 1. The van der Waals surface area contributed by atoms with Crippen molar-refractivity contribution >= 4 is 28.6 Å². The van der Waals surface area contributed by atoms with Crippen LogP contribution in [0, 0.1) is 5.92 Å². The second-order valence-electron chi connectivity index (χ2n) is 8.00. The Balaban J connectivity index is 1.27. The van der Waals surface area contributed by atoms with E-state index in [0.29, 0.717) is 23.6 Å². The molecule has 1 amide bonds. The van der Waals surface area contributed by atoms with E-state index < -0.39 is 0 Å². The second kappa shape index (κ2) is 8.59. The van der Waals surface area contributed by atoms with Gasteiger partial charge in [-0.1, -0.05) is 60.3 Å². The van der Waals surface area contributed by atoms with Crippen molar-refractivity contribution in [2.75, 3.05) is 5.75 Å². The quantitative estimate of drug-likeness (QED) is 0.390. The number of carbonyl (C=O) groups excluding carboxylic acids is 1. The highest BCUT2D eigenvalue weighted by atomic mass is 32.2. The maximum absolute atomic E-state index is 13.1. The van der Waals surface area contributed by atoms with Crippen LogP contribution in [0.3, 0.4) is 0 Å². The largest absolute Gasteiger partial charge is 0.411 e. The fourth-order valence-corrected chi connectivity index (χ4v) is 4.55. The number of H-pyrrole nitrogens is 1. The number of aromatic nitrogens is 3. The summed E-state index contributed by atoms with van der Waals surface area (Å²) in [6.07, 6.45) is 4.27. The molecule has 1 unspecified atom stereocenters. The fourth-order valence-electron chi connectivity index (χ4n) is 3.90. The summed E-state index contributed by atoms with van der Waals surface area (Å²) in [7, 11) is 0. The first kappa shape index (κ1) is 19.9. The predicted octanol–water partition coefficient (Wildman–Crippen LogP) is 5.14. The van der Waals surface area contributed by atoms with Gasteiger partial charge in [-0.25, -0.2) is 0 Å². The number of hydrogen-bond acceptors (Lipinski definition) is 5. The lowest BCUT2D eigenvalue weighted by Gasteiger charge is -2.29. The minimum atomic E-state index is 0.0973. The minimum absolute atomic E-state index is 0.0973. The van der Waals surface area contributed by atoms with Gasteiger partial charge in [-0.05, 0) is 37.3 Å². The number of aromatic amines is 1. The summed E-state index contributed by atoms with van der Waals surface area (Å²) in [5.74, 6) is 1.44. The standard InChI is InChI=1S/C24H24N4O2S/c1-16(18-11-12-18)28(14-17-7-3-2-4-8-17)22(29)15-31-24-27-26-23(30-24)20-13-25-21-10-6-5-9-19(20)21/h2-10,13,16,18,25H,11-12,14-15H2,1H3. The SMILES string of the molecule is CC(C1CC1)N(Cc1ccccc1)C(=O)CSc1nnc(-c2c[nH]c3ccccc23)o1. The van der Waals surface area contributed by atoms with Crippen LogP contribution in [-0.4, -0.2) is 37.8 Å². The number of benzene rings is 2. The van der Waals surface area contributed by atoms with Crippen LogP contribution in [-0.2, 0) is 11.3 Å². The molecule has 1 saturated carbocycles. The molecule has 2 aromatic carbocycles. The van der Waals surface area contributed by atoms with Gasteiger partial charge < -0.3 is 14.3 Å². The average Bonchev–Trinajstić information content (AvgIpc) is 3.40. The number of rotatable bonds is 8. The Kier molecular flexibility index (Phi) is 5.51. The number of nitrogens with zero attached hydrogens (tertiary/aromatic N) is 3. The summed E-state index contributed by atoms with van der Waals surface area (Å²) >= 11 is 1.30. The number of para-hydroxylation sites is 1. The zero-order valence-corrected chi connectivity index (χ0v) is 18.1. The minimum Gasteiger partial charge on any atom is -0.411 e. The van der Waals surface area contributed by atoms with Crippen LogP contribution in [0.25, 0.3) is 22.4 Å². The van der Waals surface area contributed by atoms with Gasteiger partial charge in [0.1, 0.15) is 0 Å². The highest BCUT2D eigenvalue weighted by Gasteiger charge is 2.34. The summed E-state index contributed by atoms with van der Waals surface area (Å²) < 4.78 is 5.85. The Hall–Kier alpha value is -3.06. The van der Waals surface area contributed by atoms with Gasteiger partial charge in [0.25, 0.3) is 11.1 Å². The Bertz CT molecular complexity index is 1180. The van der Waals surface area contributed by atoms with Crippen LogP contribution in [0.15, 0.2) is 70.4 Å². The normalized spacial score (nSPS) is 14.6. The zero-order valence-electron chi connectivity index (χ0n) is 17.3. The molecule has 0 radical (unpaired) electrons. The molecule has 1 aliphatic carbocycles. The zero-order chi connectivity index (χ0) is 21.2. The molecular weight excluding hydrogens is 408 g/mol. The second-order valence-corrected chi connectivity index (χ2v) is 8.92. The first-order chi connectivity index (χ1) is 15.2. The van der Waals surface area contributed by atoms with Crippen molar-refractivity contribution < 1.29 is 9.21 Å². The summed E-state index contributed by atoms with van der Waals surface area (Å²) in [6.45, 7) is 2.79. The third-order valence-corrected chi connectivity index (χ3v) is 6.66. The van der Waals surface area contributed by atoms with Crippen LogP contribution >= 0.6 is 11.8 Å². The summed E-state index contributed by atoms with van der Waals surface area (Å²) in [5, 5.41) is 9.78. The van der Waals surface area contributed by atoms with E-state index in [1.807, 2.05) is 53.6 Å². The molecule has 2 heterocycles. The van der Waals surface area contributed by atoms with Crippen molar-refractivity contribution in [1.29, 1.82) is 0 Å². The molecule has 1 atom stereocenters. The van der Waals surface area contributed by atoms with Gasteiger partial charge in [0.05, 0.1) is 11.3 Å². The molecule has 5 rings (SSSR count). The van der Waals surface area contributed by atoms with Gasteiger partial charge in [0.2, 0.25) is 5.91 Å². The highest BCUT2D eigenvalue weighted by Crippen LogP contribution is 2.36. The van der Waals surface area contributed by atoms with Gasteiger partial charge in [-0.2, -0.15) is 0 Å². The van der Waals surface area contributed by atoms with Gasteiger partial charge in [0.15, 0.2) is 0 Å². The van der Waals surface area contributed by atoms with E-state index in [2.05, 4.69) is 34.2 Å². The van der Waals surface area contributed by atoms with E-state index in [0.717, 1.165) is 22.0 Å². The Morgan fingerprint density at radius 3 is 2.74 bits per heavy atom. The van der Waals surface area contributed by atoms with Crippen LogP contribution in [0.4, 0.5) is 0 Å². The van der Waals surface area contributed by atoms with E-state index in [9.17, 15) is 4.79 Å². The molecule has 1 N–H and O–H groups in total. The lowest BCUT2D eigenvalue weighted by Crippen LogP contribution is -2.40. The first-order valence-electron chi connectivity index (χ1n) is 10.6. The molecule has 158 valence electrons. The van der Waals surface area contributed by atoms with Crippen molar-refractivity contribution in [2.24, 2.45) is 5.92 Å². The van der Waals surface area contributed by atoms with Crippen molar-refractivity contribution in [3.63, 3.8) is 0 Å². The van der Waals surface area contributed by atoms with Crippen molar-refractivity contribution in [2.45, 2.75) is 37.6 Å². The maximum atomic E-state index is 13.1. The fraction of sp³-hybridized carbons (Fsp3) is 0.292. The van der Waals surface area contributed by atoms with Crippen LogP contribution in [0.2, 0.25) is 0 Å². The Morgan fingerprint density at radius 2 is 1.94 bits per heavy atom. The van der Waals surface area contributed by atoms with Gasteiger partial charge >= 0.3 is 0 Å². The monoisotopic (exact) mass is 432 g/mol. The van der Waals surface area contributed by atoms with Crippen LogP contribution in [0.5, 0.6) is 0 Å². The number of carbonyl (C=O) groups is 1. The molecule has 4 aromatic rings. The molecule has 2 aromatic heterocycles. The molecule has 0 spiro atoms. The smallest absolute Gasteiger partial charge is 0.277 e. The molecule has 31 heavy (non-hydrogen) atoms. The van der Waals surface area contributed by atoms with Crippen LogP contribution in [0.1, 0.15) is 25.3 Å². The average molecular weight is 433 g/mol. The van der Waals surface area contributed by atoms with E-state index >= 15 is 0 Å². The van der Waals surface area contributed by atoms with E-state index in [1.54, 1.807) is 0 Å². The molecular formula is C24H24N4O2S. The number of thioether (sulfide) groups is 1. The van der Waals surface area contributed by atoms with E-state index in [4.69, 9.17) is 4.42 Å². The summed E-state index contributed by atoms with van der Waals surface area (Å²) in [5.41, 5.74) is 3.03. The number of amides is 1. The molecule has 0 saturated heterocycles. The molecule has 7 heteroatoms. The maximum Gasteiger partial charge on any atom is 0.277 e. The topological polar surface area (TPSA) is 75.0 Å².